The van der Waals surface area contributed by atoms with Crippen LogP contribution in [-0.2, 0) is 0 Å². The first-order chi connectivity index (χ1) is 8.61. The molecule has 0 aliphatic carbocycles. The van der Waals surface area contributed by atoms with Gasteiger partial charge in [-0.2, -0.15) is 4.98 Å². The van der Waals surface area contributed by atoms with E-state index in [1.165, 1.54) is 0 Å². The van der Waals surface area contributed by atoms with Crippen LogP contribution >= 0.6 is 0 Å². The minimum Gasteiger partial charge on any atom is -0.399 e. The number of anilines is 1. The number of aliphatic hydroxyl groups is 1. The molecule has 5 nitrogen and oxygen atoms in total. The molecule has 2 unspecified atom stereocenters. The van der Waals surface area contributed by atoms with Gasteiger partial charge < -0.3 is 15.4 Å². The Kier molecular flexibility index (Phi) is 3.62. The minimum absolute atomic E-state index is 0.169. The number of hydrogen-bond donors (Lipinski definition) is 2. The van der Waals surface area contributed by atoms with Crippen molar-refractivity contribution in [3.05, 3.63) is 30.2 Å². The van der Waals surface area contributed by atoms with E-state index in [9.17, 15) is 5.11 Å². The number of benzene rings is 1. The predicted octanol–water partition coefficient (Wildman–Crippen LogP) is 2.19. The van der Waals surface area contributed by atoms with E-state index in [-0.39, 0.29) is 5.92 Å². The van der Waals surface area contributed by atoms with Crippen LogP contribution in [0.2, 0.25) is 0 Å². The van der Waals surface area contributed by atoms with Crippen LogP contribution in [0.3, 0.4) is 0 Å². The second kappa shape index (κ2) is 5.18. The zero-order chi connectivity index (χ0) is 13.1. The van der Waals surface area contributed by atoms with Gasteiger partial charge in [-0.3, -0.25) is 0 Å². The van der Waals surface area contributed by atoms with Crippen molar-refractivity contribution in [2.45, 2.75) is 32.3 Å². The van der Waals surface area contributed by atoms with Gasteiger partial charge in [0.2, 0.25) is 11.7 Å². The molecule has 0 spiro atoms. The van der Waals surface area contributed by atoms with Gasteiger partial charge >= 0.3 is 0 Å². The van der Waals surface area contributed by atoms with Crippen LogP contribution in [0.4, 0.5) is 5.69 Å². The molecule has 0 radical (unpaired) electrons. The summed E-state index contributed by atoms with van der Waals surface area (Å²) in [5.74, 6) is 0.770. The molecule has 2 atom stereocenters. The van der Waals surface area contributed by atoms with Gasteiger partial charge in [-0.25, -0.2) is 0 Å². The summed E-state index contributed by atoms with van der Waals surface area (Å²) < 4.78 is 5.18. The number of aliphatic hydroxyl groups excluding tert-OH is 1. The number of nitrogens with two attached hydrogens (primary N) is 1. The first kappa shape index (κ1) is 12.6. The van der Waals surface area contributed by atoms with E-state index in [1.807, 2.05) is 26.0 Å². The Hall–Kier alpha value is -1.88. The molecule has 2 aromatic rings. The summed E-state index contributed by atoms with van der Waals surface area (Å²) in [6.07, 6.45) is 0.177. The van der Waals surface area contributed by atoms with E-state index in [2.05, 4.69) is 10.1 Å². The Morgan fingerprint density at radius 3 is 2.89 bits per heavy atom. The van der Waals surface area contributed by atoms with E-state index in [4.69, 9.17) is 10.3 Å². The highest BCUT2D eigenvalue weighted by Gasteiger charge is 2.21. The Labute approximate surface area is 106 Å². The largest absolute Gasteiger partial charge is 0.399 e. The van der Waals surface area contributed by atoms with Crippen molar-refractivity contribution in [3.63, 3.8) is 0 Å². The molecule has 0 aliphatic rings. The van der Waals surface area contributed by atoms with Gasteiger partial charge in [0.25, 0.3) is 0 Å². The first-order valence-corrected chi connectivity index (χ1v) is 5.99. The molecule has 2 rings (SSSR count). The van der Waals surface area contributed by atoms with Crippen molar-refractivity contribution in [2.24, 2.45) is 0 Å². The number of aromatic nitrogens is 2. The summed E-state index contributed by atoms with van der Waals surface area (Å²) in [5, 5.41) is 13.7. The van der Waals surface area contributed by atoms with Crippen LogP contribution < -0.4 is 5.73 Å². The maximum Gasteiger partial charge on any atom is 0.232 e. The molecular formula is C13H17N3O2. The second-order valence-corrected chi connectivity index (χ2v) is 4.35. The summed E-state index contributed by atoms with van der Waals surface area (Å²) in [5.41, 5.74) is 7.17. The van der Waals surface area contributed by atoms with Crippen LogP contribution in [0.15, 0.2) is 28.8 Å². The van der Waals surface area contributed by atoms with Crippen LogP contribution in [0, 0.1) is 0 Å². The third kappa shape index (κ3) is 2.51. The quantitative estimate of drug-likeness (QED) is 0.809. The monoisotopic (exact) mass is 247 g/mol. The molecule has 18 heavy (non-hydrogen) atoms. The highest BCUT2D eigenvalue weighted by Crippen LogP contribution is 2.23. The summed E-state index contributed by atoms with van der Waals surface area (Å²) in [7, 11) is 0. The fourth-order valence-corrected chi connectivity index (χ4v) is 1.73. The average Bonchev–Trinajstić information content (AvgIpc) is 2.86. The number of nitrogens with zero attached hydrogens (tertiary/aromatic N) is 2. The summed E-state index contributed by atoms with van der Waals surface area (Å²) in [4.78, 5) is 4.30. The van der Waals surface area contributed by atoms with Crippen LogP contribution in [0.5, 0.6) is 0 Å². The third-order valence-electron chi connectivity index (χ3n) is 2.97. The van der Waals surface area contributed by atoms with Gasteiger partial charge in [0.15, 0.2) is 0 Å². The highest BCUT2D eigenvalue weighted by atomic mass is 16.5. The summed E-state index contributed by atoms with van der Waals surface area (Å²) >= 11 is 0. The standard InChI is InChI=1S/C13H17N3O2/c1-3-11(17)8(2)13-15-12(16-18-13)9-5-4-6-10(14)7-9/h4-8,11,17H,3,14H2,1-2H3. The van der Waals surface area contributed by atoms with Crippen molar-refractivity contribution in [1.29, 1.82) is 0 Å². The lowest BCUT2D eigenvalue weighted by atomic mass is 10.0. The Morgan fingerprint density at radius 1 is 1.44 bits per heavy atom. The summed E-state index contributed by atoms with van der Waals surface area (Å²) in [6, 6.07) is 7.29. The lowest BCUT2D eigenvalue weighted by Crippen LogP contribution is -2.14. The van der Waals surface area contributed by atoms with Gasteiger partial charge in [-0.05, 0) is 18.6 Å². The number of rotatable bonds is 4. The molecule has 0 saturated carbocycles. The molecule has 1 heterocycles. The van der Waals surface area contributed by atoms with Crippen molar-refractivity contribution < 1.29 is 9.63 Å². The molecule has 0 saturated heterocycles. The Morgan fingerprint density at radius 2 is 2.22 bits per heavy atom. The zero-order valence-electron chi connectivity index (χ0n) is 10.5. The fourth-order valence-electron chi connectivity index (χ4n) is 1.73. The van der Waals surface area contributed by atoms with E-state index >= 15 is 0 Å². The molecule has 0 fully saturated rings. The highest BCUT2D eigenvalue weighted by molar-refractivity contribution is 5.60. The average molecular weight is 247 g/mol. The molecule has 96 valence electrons. The van der Waals surface area contributed by atoms with E-state index in [0.29, 0.717) is 23.8 Å². The lowest BCUT2D eigenvalue weighted by Gasteiger charge is -2.11. The molecule has 0 bridgehead atoms. The topological polar surface area (TPSA) is 85.2 Å². The van der Waals surface area contributed by atoms with Crippen LogP contribution in [0.25, 0.3) is 11.4 Å². The van der Waals surface area contributed by atoms with Crippen molar-refractivity contribution in [1.82, 2.24) is 10.1 Å². The van der Waals surface area contributed by atoms with E-state index in [1.54, 1.807) is 12.1 Å². The third-order valence-corrected chi connectivity index (χ3v) is 2.97. The first-order valence-electron chi connectivity index (χ1n) is 5.99. The van der Waals surface area contributed by atoms with Gasteiger partial charge in [-0.1, -0.05) is 31.1 Å². The molecule has 0 aliphatic heterocycles. The number of hydrogen-bond acceptors (Lipinski definition) is 5. The Bertz CT molecular complexity index is 524. The van der Waals surface area contributed by atoms with Gasteiger partial charge in [0.05, 0.1) is 12.0 Å². The normalized spacial score (nSPS) is 14.4. The van der Waals surface area contributed by atoms with Gasteiger partial charge in [-0.15, -0.1) is 0 Å². The van der Waals surface area contributed by atoms with Crippen molar-refractivity contribution in [2.75, 3.05) is 5.73 Å². The molecule has 1 aromatic carbocycles. The molecule has 3 N–H and O–H groups in total. The Balaban J connectivity index is 2.25. The number of nitrogen functional groups attached to an aromatic ring is 1. The smallest absolute Gasteiger partial charge is 0.232 e. The van der Waals surface area contributed by atoms with Crippen molar-refractivity contribution in [3.8, 4) is 11.4 Å². The zero-order valence-corrected chi connectivity index (χ0v) is 10.5. The van der Waals surface area contributed by atoms with Crippen LogP contribution in [0.1, 0.15) is 32.1 Å². The fraction of sp³-hybridized carbons (Fsp3) is 0.385. The molecule has 0 amide bonds. The predicted molar refractivity (Wildman–Crippen MR) is 68.9 cm³/mol. The SMILES string of the molecule is CCC(O)C(C)c1nc(-c2cccc(N)c2)no1. The molecule has 5 heteroatoms. The van der Waals surface area contributed by atoms with Gasteiger partial charge in [0, 0.05) is 11.3 Å². The van der Waals surface area contributed by atoms with E-state index in [0.717, 1.165) is 5.56 Å². The molecular weight excluding hydrogens is 230 g/mol. The maximum absolute atomic E-state index is 9.76. The van der Waals surface area contributed by atoms with Gasteiger partial charge in [0.1, 0.15) is 0 Å². The summed E-state index contributed by atoms with van der Waals surface area (Å²) in [6.45, 7) is 3.78. The maximum atomic E-state index is 9.76. The lowest BCUT2D eigenvalue weighted by molar-refractivity contribution is 0.129. The van der Waals surface area contributed by atoms with Crippen LogP contribution in [-0.4, -0.2) is 21.4 Å². The van der Waals surface area contributed by atoms with Crippen molar-refractivity contribution >= 4 is 5.69 Å². The molecule has 1 aromatic heterocycles. The minimum atomic E-state index is -0.473. The van der Waals surface area contributed by atoms with E-state index < -0.39 is 6.10 Å². The second-order valence-electron chi connectivity index (χ2n) is 4.35.